The molecule has 0 aromatic heterocycles. The van der Waals surface area contributed by atoms with Crippen LogP contribution in [0.25, 0.3) is 0 Å². The smallest absolute Gasteiger partial charge is 0.0437 e. The van der Waals surface area contributed by atoms with Crippen molar-refractivity contribution in [3.63, 3.8) is 0 Å². The highest BCUT2D eigenvalue weighted by Crippen LogP contribution is 1.88. The molecule has 3 nitrogen and oxygen atoms in total. The highest BCUT2D eigenvalue weighted by Gasteiger charge is 1.96. The van der Waals surface area contributed by atoms with E-state index in [9.17, 15) is 0 Å². The second-order valence-electron chi connectivity index (χ2n) is 5.51. The minimum atomic E-state index is 0. The summed E-state index contributed by atoms with van der Waals surface area (Å²) in [5.74, 6) is 0. The fourth-order valence-corrected chi connectivity index (χ4v) is 0.204. The van der Waals surface area contributed by atoms with Gasteiger partial charge in [-0.15, -0.1) is 0 Å². The zero-order valence-corrected chi connectivity index (χ0v) is 12.0. The third-order valence-corrected chi connectivity index (χ3v) is 0.408. The molecule has 0 spiro atoms. The molecule has 0 aliphatic heterocycles. The molecule has 0 aliphatic carbocycles. The van der Waals surface area contributed by atoms with Gasteiger partial charge in [0.05, 0.1) is 0 Å². The molecule has 0 fully saturated rings. The van der Waals surface area contributed by atoms with Crippen LogP contribution in [0, 0.1) is 0 Å². The van der Waals surface area contributed by atoms with Crippen LogP contribution >= 0.6 is 0 Å². The Kier molecular flexibility index (Phi) is 14.1. The molecule has 3 heteroatoms. The fraction of sp³-hybridized carbons (Fsp3) is 1.00. The molecule has 0 radical (unpaired) electrons. The summed E-state index contributed by atoms with van der Waals surface area (Å²) in [7, 11) is 0. The molecule has 0 aliphatic rings. The van der Waals surface area contributed by atoms with Gasteiger partial charge in [0.2, 0.25) is 0 Å². The standard InChI is InChI=1S/2C4H11N.C4H10O/c2*1-4(2,3)5;1-3-5-4-2/h2*5H2,1-3H3;3-4H2,1-2H3. The zero-order valence-electron chi connectivity index (χ0n) is 12.0. The topological polar surface area (TPSA) is 61.3 Å². The Labute approximate surface area is 96.6 Å². The molecule has 4 N–H and O–H groups in total. The summed E-state index contributed by atoms with van der Waals surface area (Å²) in [6.07, 6.45) is 0. The summed E-state index contributed by atoms with van der Waals surface area (Å²) in [6, 6.07) is 0. The molecular formula is C12H32N2O. The van der Waals surface area contributed by atoms with Crippen molar-refractivity contribution in [3.8, 4) is 0 Å². The molecule has 0 saturated carbocycles. The first kappa shape index (κ1) is 20.3. The van der Waals surface area contributed by atoms with Crippen molar-refractivity contribution in [2.24, 2.45) is 11.5 Å². The first-order chi connectivity index (χ1) is 6.41. The Morgan fingerprint density at radius 1 is 0.733 bits per heavy atom. The highest BCUT2D eigenvalue weighted by atomic mass is 16.5. The molecule has 0 bridgehead atoms. The lowest BCUT2D eigenvalue weighted by molar-refractivity contribution is 0.162. The lowest BCUT2D eigenvalue weighted by Gasteiger charge is -2.06. The van der Waals surface area contributed by atoms with Crippen molar-refractivity contribution in [2.75, 3.05) is 13.2 Å². The van der Waals surface area contributed by atoms with Gasteiger partial charge >= 0.3 is 0 Å². The van der Waals surface area contributed by atoms with Crippen LogP contribution in [0.1, 0.15) is 55.4 Å². The Morgan fingerprint density at radius 3 is 0.867 bits per heavy atom. The SMILES string of the molecule is CC(C)(C)N.CC(C)(C)N.CCOCC. The Bertz CT molecular complexity index is 85.8. The minimum Gasteiger partial charge on any atom is -0.382 e. The fourth-order valence-electron chi connectivity index (χ4n) is 0.204. The van der Waals surface area contributed by atoms with Crippen molar-refractivity contribution >= 4 is 0 Å². The second kappa shape index (κ2) is 10.4. The molecule has 0 aromatic carbocycles. The first-order valence-electron chi connectivity index (χ1n) is 5.57. The Balaban J connectivity index is -0.000000144. The molecule has 96 valence electrons. The Morgan fingerprint density at radius 2 is 0.867 bits per heavy atom. The lowest BCUT2D eigenvalue weighted by Crippen LogP contribution is -2.26. The average molecular weight is 220 g/mol. The van der Waals surface area contributed by atoms with Crippen molar-refractivity contribution in [1.82, 2.24) is 0 Å². The van der Waals surface area contributed by atoms with Crippen LogP contribution in [0.2, 0.25) is 0 Å². The molecule has 0 unspecified atom stereocenters. The van der Waals surface area contributed by atoms with E-state index >= 15 is 0 Å². The normalized spacial score (nSPS) is 10.8. The summed E-state index contributed by atoms with van der Waals surface area (Å²) in [5, 5.41) is 0. The van der Waals surface area contributed by atoms with E-state index in [2.05, 4.69) is 0 Å². The highest BCUT2D eigenvalue weighted by molar-refractivity contribution is 4.60. The number of hydrogen-bond acceptors (Lipinski definition) is 3. The zero-order chi connectivity index (χ0) is 13.1. The molecule has 0 atom stereocenters. The maximum absolute atomic E-state index is 5.35. The van der Waals surface area contributed by atoms with Gasteiger partial charge in [-0.3, -0.25) is 0 Å². The third-order valence-electron chi connectivity index (χ3n) is 0.408. The van der Waals surface area contributed by atoms with Crippen molar-refractivity contribution in [1.29, 1.82) is 0 Å². The van der Waals surface area contributed by atoms with Gasteiger partial charge < -0.3 is 16.2 Å². The van der Waals surface area contributed by atoms with Crippen LogP contribution in [0.5, 0.6) is 0 Å². The number of hydrogen-bond donors (Lipinski definition) is 2. The Hall–Kier alpha value is -0.120. The molecule has 0 heterocycles. The van der Waals surface area contributed by atoms with Crippen molar-refractivity contribution in [2.45, 2.75) is 66.5 Å². The predicted molar refractivity (Wildman–Crippen MR) is 70.0 cm³/mol. The van der Waals surface area contributed by atoms with Gasteiger partial charge in [-0.2, -0.15) is 0 Å². The third kappa shape index (κ3) is 554. The molecule has 0 aromatic rings. The van der Waals surface area contributed by atoms with Gasteiger partial charge in [-0.05, 0) is 55.4 Å². The van der Waals surface area contributed by atoms with Crippen LogP contribution in [-0.4, -0.2) is 24.3 Å². The van der Waals surface area contributed by atoms with Crippen molar-refractivity contribution in [3.05, 3.63) is 0 Å². The molecular weight excluding hydrogens is 188 g/mol. The number of nitrogens with two attached hydrogens (primary N) is 2. The first-order valence-corrected chi connectivity index (χ1v) is 5.57. The van der Waals surface area contributed by atoms with E-state index < -0.39 is 0 Å². The summed E-state index contributed by atoms with van der Waals surface area (Å²) in [6.45, 7) is 17.5. The summed E-state index contributed by atoms with van der Waals surface area (Å²) in [4.78, 5) is 0. The number of rotatable bonds is 2. The van der Waals surface area contributed by atoms with Gasteiger partial charge in [0.1, 0.15) is 0 Å². The van der Waals surface area contributed by atoms with E-state index in [1.54, 1.807) is 0 Å². The van der Waals surface area contributed by atoms with Crippen molar-refractivity contribution < 1.29 is 4.74 Å². The van der Waals surface area contributed by atoms with E-state index in [0.717, 1.165) is 13.2 Å². The molecule has 0 amide bonds. The van der Waals surface area contributed by atoms with E-state index in [1.165, 1.54) is 0 Å². The van der Waals surface area contributed by atoms with Gasteiger partial charge in [-0.25, -0.2) is 0 Å². The van der Waals surface area contributed by atoms with Crippen LogP contribution in [0.4, 0.5) is 0 Å². The maximum Gasteiger partial charge on any atom is 0.0437 e. The van der Waals surface area contributed by atoms with Gasteiger partial charge in [-0.1, -0.05) is 0 Å². The molecule has 0 saturated heterocycles. The average Bonchev–Trinajstić information content (AvgIpc) is 1.80. The van der Waals surface area contributed by atoms with E-state index in [4.69, 9.17) is 16.2 Å². The van der Waals surface area contributed by atoms with Gasteiger partial charge in [0.25, 0.3) is 0 Å². The van der Waals surface area contributed by atoms with Crippen LogP contribution in [0.3, 0.4) is 0 Å². The van der Waals surface area contributed by atoms with E-state index in [1.807, 2.05) is 55.4 Å². The quantitative estimate of drug-likeness (QED) is 0.752. The van der Waals surface area contributed by atoms with Gasteiger partial charge in [0.15, 0.2) is 0 Å². The molecule has 15 heavy (non-hydrogen) atoms. The largest absolute Gasteiger partial charge is 0.382 e. The lowest BCUT2D eigenvalue weighted by atomic mass is 10.1. The minimum absolute atomic E-state index is 0. The number of ether oxygens (including phenoxy) is 1. The van der Waals surface area contributed by atoms with E-state index in [0.29, 0.717) is 0 Å². The maximum atomic E-state index is 5.35. The van der Waals surface area contributed by atoms with Crippen LogP contribution < -0.4 is 11.5 Å². The molecule has 0 rings (SSSR count). The summed E-state index contributed by atoms with van der Waals surface area (Å²) in [5.41, 5.74) is 10.7. The van der Waals surface area contributed by atoms with Crippen LogP contribution in [-0.2, 0) is 4.74 Å². The predicted octanol–water partition coefficient (Wildman–Crippen LogP) is 2.53. The van der Waals surface area contributed by atoms with Gasteiger partial charge in [0, 0.05) is 24.3 Å². The van der Waals surface area contributed by atoms with Crippen LogP contribution in [0.15, 0.2) is 0 Å². The second-order valence-corrected chi connectivity index (χ2v) is 5.51. The summed E-state index contributed by atoms with van der Waals surface area (Å²) < 4.78 is 4.83. The summed E-state index contributed by atoms with van der Waals surface area (Å²) >= 11 is 0. The monoisotopic (exact) mass is 220 g/mol. The van der Waals surface area contributed by atoms with E-state index in [-0.39, 0.29) is 11.1 Å².